The Morgan fingerprint density at radius 1 is 0.967 bits per heavy atom. The van der Waals surface area contributed by atoms with Gasteiger partial charge in [-0.15, -0.1) is 0 Å². The molecule has 4 aromatic rings. The van der Waals surface area contributed by atoms with E-state index in [9.17, 15) is 4.79 Å². The first-order chi connectivity index (χ1) is 14.7. The maximum atomic E-state index is 12.1. The van der Waals surface area contributed by atoms with E-state index in [0.717, 1.165) is 23.2 Å². The number of carbonyl (C=O) groups is 1. The number of fused-ring (bicyclic) bond motifs is 1. The molecule has 0 amide bonds. The summed E-state index contributed by atoms with van der Waals surface area (Å²) >= 11 is 0. The molecule has 0 unspecified atom stereocenters. The van der Waals surface area contributed by atoms with Crippen molar-refractivity contribution in [3.8, 4) is 0 Å². The number of anilines is 1. The minimum absolute atomic E-state index is 0.346. The number of benzene rings is 3. The molecule has 3 aromatic carbocycles. The molecule has 0 aliphatic carbocycles. The maximum Gasteiger partial charge on any atom is 0.332 e. The summed E-state index contributed by atoms with van der Waals surface area (Å²) in [5, 5.41) is 4.53. The standard InChI is InChI=1S/C26H24N2O2/c1-2-30-26(29)18-24(21-11-7-4-8-12-21)27-23-13-14-25-22(17-23)15-16-28(25)19-20-9-5-3-6-10-20/h3-18,27H,2,19H2,1H3/b24-18+. The van der Waals surface area contributed by atoms with Gasteiger partial charge in [0, 0.05) is 35.4 Å². The molecular weight excluding hydrogens is 372 g/mol. The van der Waals surface area contributed by atoms with Crippen LogP contribution in [0.4, 0.5) is 5.69 Å². The van der Waals surface area contributed by atoms with Crippen molar-refractivity contribution in [2.75, 3.05) is 11.9 Å². The van der Waals surface area contributed by atoms with Gasteiger partial charge >= 0.3 is 5.97 Å². The van der Waals surface area contributed by atoms with Gasteiger partial charge in [0.1, 0.15) is 0 Å². The molecule has 0 spiro atoms. The van der Waals surface area contributed by atoms with Crippen molar-refractivity contribution in [3.05, 3.63) is 108 Å². The average molecular weight is 396 g/mol. The molecule has 0 saturated carbocycles. The zero-order valence-corrected chi connectivity index (χ0v) is 16.9. The molecule has 150 valence electrons. The molecule has 0 bridgehead atoms. The average Bonchev–Trinajstić information content (AvgIpc) is 3.17. The molecule has 30 heavy (non-hydrogen) atoms. The molecule has 0 aliphatic heterocycles. The minimum Gasteiger partial charge on any atom is -0.463 e. The lowest BCUT2D eigenvalue weighted by molar-refractivity contribution is -0.137. The van der Waals surface area contributed by atoms with Crippen LogP contribution in [0.2, 0.25) is 0 Å². The van der Waals surface area contributed by atoms with Gasteiger partial charge in [-0.05, 0) is 42.3 Å². The van der Waals surface area contributed by atoms with E-state index in [1.54, 1.807) is 6.92 Å². The van der Waals surface area contributed by atoms with Crippen LogP contribution in [0, 0.1) is 0 Å². The second-order valence-electron chi connectivity index (χ2n) is 7.00. The van der Waals surface area contributed by atoms with Crippen molar-refractivity contribution in [2.45, 2.75) is 13.5 Å². The van der Waals surface area contributed by atoms with Crippen molar-refractivity contribution in [1.29, 1.82) is 0 Å². The molecule has 0 aliphatic rings. The third kappa shape index (κ3) is 4.61. The number of aromatic nitrogens is 1. The largest absolute Gasteiger partial charge is 0.463 e. The second kappa shape index (κ2) is 9.14. The molecule has 0 radical (unpaired) electrons. The Bertz CT molecular complexity index is 1160. The summed E-state index contributed by atoms with van der Waals surface area (Å²) in [6.07, 6.45) is 3.61. The van der Waals surface area contributed by atoms with Crippen molar-refractivity contribution >= 4 is 28.3 Å². The van der Waals surface area contributed by atoms with Gasteiger partial charge in [0.15, 0.2) is 0 Å². The highest BCUT2D eigenvalue weighted by atomic mass is 16.5. The normalized spacial score (nSPS) is 11.4. The van der Waals surface area contributed by atoms with E-state index in [1.165, 1.54) is 17.2 Å². The van der Waals surface area contributed by atoms with Crippen LogP contribution in [0.3, 0.4) is 0 Å². The topological polar surface area (TPSA) is 43.3 Å². The van der Waals surface area contributed by atoms with Crippen molar-refractivity contribution in [1.82, 2.24) is 4.57 Å². The predicted molar refractivity (Wildman–Crippen MR) is 122 cm³/mol. The van der Waals surface area contributed by atoms with E-state index in [2.05, 4.69) is 58.5 Å². The third-order valence-corrected chi connectivity index (χ3v) is 4.88. The number of nitrogens with one attached hydrogen (secondary N) is 1. The lowest BCUT2D eigenvalue weighted by atomic mass is 10.1. The second-order valence-corrected chi connectivity index (χ2v) is 7.00. The number of rotatable bonds is 7. The van der Waals surface area contributed by atoms with Crippen molar-refractivity contribution < 1.29 is 9.53 Å². The van der Waals surface area contributed by atoms with E-state index in [1.807, 2.05) is 42.5 Å². The third-order valence-electron chi connectivity index (χ3n) is 4.88. The first-order valence-electron chi connectivity index (χ1n) is 10.1. The number of carbonyl (C=O) groups excluding carboxylic acids is 1. The van der Waals surface area contributed by atoms with Crippen LogP contribution < -0.4 is 5.32 Å². The van der Waals surface area contributed by atoms with Gasteiger partial charge in [-0.3, -0.25) is 0 Å². The highest BCUT2D eigenvalue weighted by Gasteiger charge is 2.08. The summed E-state index contributed by atoms with van der Waals surface area (Å²) in [4.78, 5) is 12.1. The van der Waals surface area contributed by atoms with Gasteiger partial charge in [-0.25, -0.2) is 4.79 Å². The molecule has 1 aromatic heterocycles. The molecule has 1 N–H and O–H groups in total. The van der Waals surface area contributed by atoms with Gasteiger partial charge < -0.3 is 14.6 Å². The fourth-order valence-corrected chi connectivity index (χ4v) is 3.46. The Labute approximate surface area is 176 Å². The highest BCUT2D eigenvalue weighted by molar-refractivity contribution is 5.95. The van der Waals surface area contributed by atoms with Gasteiger partial charge in [0.25, 0.3) is 0 Å². The maximum absolute atomic E-state index is 12.1. The molecule has 0 atom stereocenters. The minimum atomic E-state index is -0.362. The number of esters is 1. The highest BCUT2D eigenvalue weighted by Crippen LogP contribution is 2.25. The fourth-order valence-electron chi connectivity index (χ4n) is 3.46. The SMILES string of the molecule is CCOC(=O)/C=C(/Nc1ccc2c(ccn2Cc2ccccc2)c1)c1ccccc1. The lowest BCUT2D eigenvalue weighted by Gasteiger charge is -2.12. The van der Waals surface area contributed by atoms with E-state index in [4.69, 9.17) is 4.74 Å². The Balaban J connectivity index is 1.61. The first kappa shape index (κ1) is 19.5. The zero-order valence-electron chi connectivity index (χ0n) is 16.9. The number of nitrogens with zero attached hydrogens (tertiary/aromatic N) is 1. The summed E-state index contributed by atoms with van der Waals surface area (Å²) in [7, 11) is 0. The van der Waals surface area contributed by atoms with Crippen LogP contribution in [0.25, 0.3) is 16.6 Å². The van der Waals surface area contributed by atoms with E-state index >= 15 is 0 Å². The van der Waals surface area contributed by atoms with Crippen molar-refractivity contribution in [3.63, 3.8) is 0 Å². The van der Waals surface area contributed by atoms with Gasteiger partial charge in [0.2, 0.25) is 0 Å². The summed E-state index contributed by atoms with van der Waals surface area (Å²) in [6, 6.07) is 28.5. The van der Waals surface area contributed by atoms with E-state index < -0.39 is 0 Å². The summed E-state index contributed by atoms with van der Waals surface area (Å²) in [5.74, 6) is -0.362. The Hall–Kier alpha value is -3.79. The molecular formula is C26H24N2O2. The summed E-state index contributed by atoms with van der Waals surface area (Å²) in [5.41, 5.74) is 4.98. The first-order valence-corrected chi connectivity index (χ1v) is 10.1. The van der Waals surface area contributed by atoms with Gasteiger partial charge in [-0.2, -0.15) is 0 Å². The number of hydrogen-bond donors (Lipinski definition) is 1. The monoisotopic (exact) mass is 396 g/mol. The smallest absolute Gasteiger partial charge is 0.332 e. The Morgan fingerprint density at radius 2 is 1.70 bits per heavy atom. The Kier molecular flexibility index (Phi) is 5.95. The van der Waals surface area contributed by atoms with Crippen LogP contribution in [0.5, 0.6) is 0 Å². The summed E-state index contributed by atoms with van der Waals surface area (Å²) in [6.45, 7) is 2.98. The van der Waals surface area contributed by atoms with Crippen molar-refractivity contribution in [2.24, 2.45) is 0 Å². The van der Waals surface area contributed by atoms with Crippen LogP contribution in [-0.2, 0) is 16.1 Å². The summed E-state index contributed by atoms with van der Waals surface area (Å²) < 4.78 is 7.34. The lowest BCUT2D eigenvalue weighted by Crippen LogP contribution is -2.06. The fraction of sp³-hybridized carbons (Fsp3) is 0.115. The van der Waals surface area contributed by atoms with Gasteiger partial charge in [-0.1, -0.05) is 60.7 Å². The van der Waals surface area contributed by atoms with E-state index in [-0.39, 0.29) is 5.97 Å². The molecule has 1 heterocycles. The molecule has 4 heteroatoms. The molecule has 4 nitrogen and oxygen atoms in total. The van der Waals surface area contributed by atoms with Crippen LogP contribution in [-0.4, -0.2) is 17.1 Å². The van der Waals surface area contributed by atoms with Crippen LogP contribution in [0.15, 0.2) is 97.2 Å². The molecule has 0 saturated heterocycles. The Morgan fingerprint density at radius 3 is 2.43 bits per heavy atom. The molecule has 0 fully saturated rings. The van der Waals surface area contributed by atoms with Gasteiger partial charge in [0.05, 0.1) is 12.3 Å². The number of hydrogen-bond acceptors (Lipinski definition) is 3. The molecule has 4 rings (SSSR count). The zero-order chi connectivity index (χ0) is 20.8. The quantitative estimate of drug-likeness (QED) is 0.322. The van der Waals surface area contributed by atoms with Crippen LogP contribution >= 0.6 is 0 Å². The predicted octanol–water partition coefficient (Wildman–Crippen LogP) is 5.71. The van der Waals surface area contributed by atoms with Crippen LogP contribution in [0.1, 0.15) is 18.1 Å². The number of ether oxygens (including phenoxy) is 1. The van der Waals surface area contributed by atoms with E-state index in [0.29, 0.717) is 12.3 Å².